The van der Waals surface area contributed by atoms with E-state index in [9.17, 15) is 13.2 Å². The summed E-state index contributed by atoms with van der Waals surface area (Å²) in [6.07, 6.45) is 1.46. The molecule has 0 atom stereocenters. The molecule has 1 amide bonds. The van der Waals surface area contributed by atoms with Gasteiger partial charge in [0.1, 0.15) is 5.75 Å². The number of hydrogen-bond acceptors (Lipinski definition) is 4. The number of benzene rings is 2. The van der Waals surface area contributed by atoms with Crippen LogP contribution in [0.4, 0.5) is 5.69 Å². The second-order valence-electron chi connectivity index (χ2n) is 5.89. The van der Waals surface area contributed by atoms with Gasteiger partial charge in [0.15, 0.2) is 0 Å². The zero-order valence-electron chi connectivity index (χ0n) is 13.6. The first-order chi connectivity index (χ1) is 11.4. The molecule has 1 aliphatic carbocycles. The lowest BCUT2D eigenvalue weighted by molar-refractivity contribution is -0.118. The zero-order chi connectivity index (χ0) is 17.3. The third-order valence-corrected chi connectivity index (χ3v) is 5.73. The molecule has 0 spiro atoms. The summed E-state index contributed by atoms with van der Waals surface area (Å²) in [6.45, 7) is 1.88. The molecule has 0 aromatic heterocycles. The molecular weight excluding hydrogens is 326 g/mol. The molecule has 0 unspecified atom stereocenters. The number of methoxy groups -OCH3 is 1. The van der Waals surface area contributed by atoms with Crippen molar-refractivity contribution in [3.63, 3.8) is 0 Å². The van der Waals surface area contributed by atoms with Crippen molar-refractivity contribution >= 4 is 21.6 Å². The van der Waals surface area contributed by atoms with E-state index in [-0.39, 0.29) is 16.7 Å². The number of amides is 1. The summed E-state index contributed by atoms with van der Waals surface area (Å²) >= 11 is 0. The molecule has 1 saturated carbocycles. The summed E-state index contributed by atoms with van der Waals surface area (Å²) in [6, 6.07) is 13.0. The molecule has 0 heterocycles. The van der Waals surface area contributed by atoms with Crippen molar-refractivity contribution in [3.05, 3.63) is 54.1 Å². The van der Waals surface area contributed by atoms with Crippen LogP contribution in [-0.4, -0.2) is 21.4 Å². The highest BCUT2D eigenvalue weighted by Crippen LogP contribution is 2.36. The molecule has 2 aromatic rings. The van der Waals surface area contributed by atoms with Gasteiger partial charge in [-0.3, -0.25) is 4.79 Å². The van der Waals surface area contributed by atoms with Gasteiger partial charge in [0.05, 0.1) is 17.7 Å². The first-order valence-corrected chi connectivity index (χ1v) is 9.17. The van der Waals surface area contributed by atoms with Crippen LogP contribution in [0.3, 0.4) is 0 Å². The van der Waals surface area contributed by atoms with Crippen LogP contribution in [0.25, 0.3) is 0 Å². The third kappa shape index (κ3) is 3.14. The van der Waals surface area contributed by atoms with Crippen molar-refractivity contribution in [3.8, 4) is 5.75 Å². The van der Waals surface area contributed by atoms with Crippen LogP contribution in [0.2, 0.25) is 0 Å². The highest BCUT2D eigenvalue weighted by molar-refractivity contribution is 7.93. The standard InChI is InChI=1S/C18H19NO4S/c1-13-3-11-17(12-4-13)24(21,22)19(18(20)14-5-6-14)15-7-9-16(23-2)10-8-15/h3-4,7-12,14H,5-6H2,1-2H3. The molecular formula is C18H19NO4S. The van der Waals surface area contributed by atoms with Gasteiger partial charge < -0.3 is 4.74 Å². The molecule has 0 N–H and O–H groups in total. The van der Waals surface area contributed by atoms with E-state index >= 15 is 0 Å². The largest absolute Gasteiger partial charge is 0.497 e. The third-order valence-electron chi connectivity index (χ3n) is 3.99. The average Bonchev–Trinajstić information content (AvgIpc) is 3.41. The minimum absolute atomic E-state index is 0.109. The minimum atomic E-state index is -3.95. The monoisotopic (exact) mass is 345 g/mol. The number of ether oxygens (including phenoxy) is 1. The number of hydrogen-bond donors (Lipinski definition) is 0. The normalized spacial score (nSPS) is 14.2. The number of nitrogens with zero attached hydrogens (tertiary/aromatic N) is 1. The van der Waals surface area contributed by atoms with E-state index in [1.54, 1.807) is 36.4 Å². The quantitative estimate of drug-likeness (QED) is 0.835. The highest BCUT2D eigenvalue weighted by Gasteiger charge is 2.40. The first kappa shape index (κ1) is 16.5. The van der Waals surface area contributed by atoms with Crippen LogP contribution in [0.15, 0.2) is 53.4 Å². The molecule has 126 valence electrons. The second-order valence-corrected chi connectivity index (χ2v) is 7.68. The summed E-state index contributed by atoms with van der Waals surface area (Å²) in [4.78, 5) is 12.8. The maximum absolute atomic E-state index is 13.0. The summed E-state index contributed by atoms with van der Waals surface area (Å²) in [5, 5.41) is 0. The average molecular weight is 345 g/mol. The van der Waals surface area contributed by atoms with Crippen LogP contribution >= 0.6 is 0 Å². The Labute approximate surface area is 141 Å². The van der Waals surface area contributed by atoms with Gasteiger partial charge in [-0.2, -0.15) is 0 Å². The Kier molecular flexibility index (Phi) is 4.32. The zero-order valence-corrected chi connectivity index (χ0v) is 14.4. The topological polar surface area (TPSA) is 63.7 Å². The van der Waals surface area contributed by atoms with Crippen molar-refractivity contribution in [2.45, 2.75) is 24.7 Å². The van der Waals surface area contributed by atoms with E-state index in [2.05, 4.69) is 0 Å². The molecule has 0 bridgehead atoms. The van der Waals surface area contributed by atoms with Gasteiger partial charge in [-0.25, -0.2) is 12.7 Å². The summed E-state index contributed by atoms with van der Waals surface area (Å²) < 4.78 is 32.1. The van der Waals surface area contributed by atoms with Crippen molar-refractivity contribution in [1.29, 1.82) is 0 Å². The fraction of sp³-hybridized carbons (Fsp3) is 0.278. The van der Waals surface area contributed by atoms with Crippen LogP contribution in [-0.2, 0) is 14.8 Å². The van der Waals surface area contributed by atoms with Crippen molar-refractivity contribution in [2.75, 3.05) is 11.4 Å². The molecule has 1 fully saturated rings. The lowest BCUT2D eigenvalue weighted by Gasteiger charge is -2.23. The molecule has 0 saturated heterocycles. The Morgan fingerprint density at radius 2 is 1.62 bits per heavy atom. The SMILES string of the molecule is COc1ccc(N(C(=O)C2CC2)S(=O)(=O)c2ccc(C)cc2)cc1. The number of carbonyl (C=O) groups is 1. The maximum atomic E-state index is 13.0. The van der Waals surface area contributed by atoms with Gasteiger partial charge in [-0.05, 0) is 56.2 Å². The lowest BCUT2D eigenvalue weighted by Crippen LogP contribution is -2.38. The van der Waals surface area contributed by atoms with Gasteiger partial charge >= 0.3 is 0 Å². The summed E-state index contributed by atoms with van der Waals surface area (Å²) in [5.41, 5.74) is 1.28. The first-order valence-electron chi connectivity index (χ1n) is 7.73. The van der Waals surface area contributed by atoms with E-state index in [1.165, 1.54) is 19.2 Å². The number of carbonyl (C=O) groups excluding carboxylic acids is 1. The predicted molar refractivity (Wildman–Crippen MR) is 91.6 cm³/mol. The number of anilines is 1. The number of sulfonamides is 1. The predicted octanol–water partition coefficient (Wildman–Crippen LogP) is 3.14. The fourth-order valence-electron chi connectivity index (χ4n) is 2.41. The van der Waals surface area contributed by atoms with Crippen LogP contribution < -0.4 is 9.04 Å². The molecule has 1 aliphatic rings. The Morgan fingerprint density at radius 3 is 2.12 bits per heavy atom. The van der Waals surface area contributed by atoms with Gasteiger partial charge in [-0.15, -0.1) is 0 Å². The Bertz CT molecular complexity index is 838. The molecule has 24 heavy (non-hydrogen) atoms. The van der Waals surface area contributed by atoms with E-state index in [0.29, 0.717) is 11.4 Å². The van der Waals surface area contributed by atoms with Gasteiger partial charge in [0, 0.05) is 5.92 Å². The van der Waals surface area contributed by atoms with Gasteiger partial charge in [-0.1, -0.05) is 17.7 Å². The summed E-state index contributed by atoms with van der Waals surface area (Å²) in [5.74, 6) is 0.0124. The smallest absolute Gasteiger partial charge is 0.270 e. The van der Waals surface area contributed by atoms with E-state index in [4.69, 9.17) is 4.74 Å². The van der Waals surface area contributed by atoms with Crippen molar-refractivity contribution in [1.82, 2.24) is 0 Å². The minimum Gasteiger partial charge on any atom is -0.497 e. The number of aryl methyl sites for hydroxylation is 1. The van der Waals surface area contributed by atoms with E-state index < -0.39 is 10.0 Å². The summed E-state index contributed by atoms with van der Waals surface area (Å²) in [7, 11) is -2.42. The van der Waals surface area contributed by atoms with Gasteiger partial charge in [0.25, 0.3) is 10.0 Å². The molecule has 0 radical (unpaired) electrons. The highest BCUT2D eigenvalue weighted by atomic mass is 32.2. The molecule has 5 nitrogen and oxygen atoms in total. The second kappa shape index (κ2) is 6.28. The van der Waals surface area contributed by atoms with Crippen molar-refractivity contribution in [2.24, 2.45) is 5.92 Å². The fourth-order valence-corrected chi connectivity index (χ4v) is 3.89. The molecule has 3 rings (SSSR count). The molecule has 2 aromatic carbocycles. The Morgan fingerprint density at radius 1 is 1.04 bits per heavy atom. The molecule has 0 aliphatic heterocycles. The van der Waals surface area contributed by atoms with E-state index in [1.807, 2.05) is 6.92 Å². The van der Waals surface area contributed by atoms with Crippen LogP contribution in [0.1, 0.15) is 18.4 Å². The van der Waals surface area contributed by atoms with Crippen molar-refractivity contribution < 1.29 is 17.9 Å². The Hall–Kier alpha value is -2.34. The maximum Gasteiger partial charge on any atom is 0.270 e. The molecule has 6 heteroatoms. The van der Waals surface area contributed by atoms with Crippen LogP contribution in [0, 0.1) is 12.8 Å². The van der Waals surface area contributed by atoms with E-state index in [0.717, 1.165) is 22.7 Å². The lowest BCUT2D eigenvalue weighted by atomic mass is 10.2. The van der Waals surface area contributed by atoms with Gasteiger partial charge in [0.2, 0.25) is 5.91 Å². The van der Waals surface area contributed by atoms with Crippen LogP contribution in [0.5, 0.6) is 5.75 Å². The Balaban J connectivity index is 2.06. The number of rotatable bonds is 5.